The molecule has 0 heterocycles. The van der Waals surface area contributed by atoms with E-state index in [1.165, 1.54) is 0 Å². The van der Waals surface area contributed by atoms with Crippen molar-refractivity contribution >= 4 is 27.5 Å². The van der Waals surface area contributed by atoms with Crippen LogP contribution in [0, 0.1) is 11.6 Å². The van der Waals surface area contributed by atoms with Gasteiger partial charge in [0.25, 0.3) is 5.91 Å². The van der Waals surface area contributed by atoms with Crippen LogP contribution in [0.2, 0.25) is 0 Å². The molecule has 0 unspecified atom stereocenters. The molecule has 2 aromatic carbocycles. The number of amides is 1. The van der Waals surface area contributed by atoms with E-state index in [0.717, 1.165) is 17.7 Å². The first kappa shape index (κ1) is 15.6. The Morgan fingerprint density at radius 1 is 1.14 bits per heavy atom. The maximum Gasteiger partial charge on any atom is 0.255 e. The molecule has 3 N–H and O–H groups in total. The van der Waals surface area contributed by atoms with Crippen molar-refractivity contribution in [2.24, 2.45) is 5.73 Å². The molecule has 0 fully saturated rings. The summed E-state index contributed by atoms with van der Waals surface area (Å²) >= 11 is 2.98. The van der Waals surface area contributed by atoms with Crippen LogP contribution < -0.4 is 11.1 Å². The maximum absolute atomic E-state index is 13.7. The van der Waals surface area contributed by atoms with Gasteiger partial charge in [-0.2, -0.15) is 0 Å². The molecule has 0 saturated carbocycles. The van der Waals surface area contributed by atoms with Gasteiger partial charge in [0, 0.05) is 10.0 Å². The summed E-state index contributed by atoms with van der Waals surface area (Å²) in [6, 6.07) is 8.88. The highest BCUT2D eigenvalue weighted by molar-refractivity contribution is 9.10. The van der Waals surface area contributed by atoms with Crippen LogP contribution in [0.4, 0.5) is 14.5 Å². The van der Waals surface area contributed by atoms with E-state index >= 15 is 0 Å². The van der Waals surface area contributed by atoms with Crippen molar-refractivity contribution in [2.45, 2.75) is 6.42 Å². The van der Waals surface area contributed by atoms with Crippen LogP contribution in [0.1, 0.15) is 15.9 Å². The molecule has 21 heavy (non-hydrogen) atoms. The summed E-state index contributed by atoms with van der Waals surface area (Å²) in [4.78, 5) is 12.0. The molecule has 0 aliphatic carbocycles. The van der Waals surface area contributed by atoms with E-state index < -0.39 is 23.2 Å². The normalized spacial score (nSPS) is 10.5. The monoisotopic (exact) mass is 354 g/mol. The van der Waals surface area contributed by atoms with Crippen molar-refractivity contribution < 1.29 is 13.6 Å². The molecule has 0 aromatic heterocycles. The molecule has 0 bridgehead atoms. The molecule has 2 rings (SSSR count). The number of carbonyl (C=O) groups excluding carboxylic acids is 1. The molecular weight excluding hydrogens is 342 g/mol. The van der Waals surface area contributed by atoms with E-state index in [4.69, 9.17) is 5.73 Å². The molecular formula is C15H13BrF2N2O. The lowest BCUT2D eigenvalue weighted by Gasteiger charge is -2.08. The summed E-state index contributed by atoms with van der Waals surface area (Å²) in [5.41, 5.74) is 6.29. The Morgan fingerprint density at radius 3 is 2.24 bits per heavy atom. The molecule has 0 aliphatic heterocycles. The van der Waals surface area contributed by atoms with Crippen LogP contribution in [-0.2, 0) is 6.42 Å². The van der Waals surface area contributed by atoms with Gasteiger partial charge in [0.2, 0.25) is 0 Å². The summed E-state index contributed by atoms with van der Waals surface area (Å²) in [5, 5.41) is 2.24. The van der Waals surface area contributed by atoms with Gasteiger partial charge in [-0.3, -0.25) is 4.79 Å². The van der Waals surface area contributed by atoms with Crippen molar-refractivity contribution in [1.82, 2.24) is 0 Å². The van der Waals surface area contributed by atoms with E-state index in [2.05, 4.69) is 21.2 Å². The zero-order valence-electron chi connectivity index (χ0n) is 11.0. The van der Waals surface area contributed by atoms with E-state index in [1.54, 1.807) is 24.3 Å². The number of benzene rings is 2. The lowest BCUT2D eigenvalue weighted by Crippen LogP contribution is -2.14. The van der Waals surface area contributed by atoms with E-state index in [0.29, 0.717) is 18.5 Å². The Morgan fingerprint density at radius 2 is 1.71 bits per heavy atom. The Balaban J connectivity index is 2.18. The highest BCUT2D eigenvalue weighted by Crippen LogP contribution is 2.24. The highest BCUT2D eigenvalue weighted by atomic mass is 79.9. The van der Waals surface area contributed by atoms with Gasteiger partial charge < -0.3 is 11.1 Å². The van der Waals surface area contributed by atoms with Gasteiger partial charge in [-0.05, 0) is 42.8 Å². The second kappa shape index (κ2) is 6.78. The van der Waals surface area contributed by atoms with Gasteiger partial charge in [0.1, 0.15) is 5.69 Å². The van der Waals surface area contributed by atoms with Crippen molar-refractivity contribution in [3.05, 3.63) is 63.6 Å². The number of rotatable bonds is 4. The highest BCUT2D eigenvalue weighted by Gasteiger charge is 2.14. The van der Waals surface area contributed by atoms with Gasteiger partial charge in [0.05, 0.1) is 0 Å². The Bertz CT molecular complexity index is 636. The molecule has 110 valence electrons. The molecule has 1 amide bonds. The smallest absolute Gasteiger partial charge is 0.255 e. The summed E-state index contributed by atoms with van der Waals surface area (Å²) in [6.07, 6.45) is 0.706. The Kier molecular flexibility index (Phi) is 5.03. The van der Waals surface area contributed by atoms with Crippen molar-refractivity contribution in [3.63, 3.8) is 0 Å². The predicted octanol–water partition coefficient (Wildman–Crippen LogP) is 3.48. The molecule has 0 atom stereocenters. The second-order valence-corrected chi connectivity index (χ2v) is 5.35. The van der Waals surface area contributed by atoms with Crippen molar-refractivity contribution in [2.75, 3.05) is 11.9 Å². The molecule has 0 radical (unpaired) electrons. The fraction of sp³-hybridized carbons (Fsp3) is 0.133. The second-order valence-electron chi connectivity index (χ2n) is 4.43. The third-order valence-corrected chi connectivity index (χ3v) is 3.35. The minimum Gasteiger partial charge on any atom is -0.330 e. The van der Waals surface area contributed by atoms with Gasteiger partial charge in [-0.15, -0.1) is 0 Å². The number of hydrogen-bond acceptors (Lipinski definition) is 2. The average Bonchev–Trinajstić information content (AvgIpc) is 2.43. The summed E-state index contributed by atoms with van der Waals surface area (Å²) < 4.78 is 27.6. The lowest BCUT2D eigenvalue weighted by molar-refractivity contribution is 0.102. The largest absolute Gasteiger partial charge is 0.330 e. The van der Waals surface area contributed by atoms with Crippen LogP contribution >= 0.6 is 15.9 Å². The molecule has 3 nitrogen and oxygen atoms in total. The van der Waals surface area contributed by atoms with Crippen LogP contribution in [0.15, 0.2) is 40.9 Å². The van der Waals surface area contributed by atoms with Crippen molar-refractivity contribution in [1.29, 1.82) is 0 Å². The Hall–Kier alpha value is -1.79. The molecule has 2 aromatic rings. The van der Waals surface area contributed by atoms with Gasteiger partial charge in [-0.1, -0.05) is 28.1 Å². The minimum atomic E-state index is -0.838. The summed E-state index contributed by atoms with van der Waals surface area (Å²) in [6.45, 7) is 0.515. The number of hydrogen-bond donors (Lipinski definition) is 2. The third-order valence-electron chi connectivity index (χ3n) is 2.89. The van der Waals surface area contributed by atoms with Crippen LogP contribution in [0.25, 0.3) is 0 Å². The average molecular weight is 355 g/mol. The first-order chi connectivity index (χ1) is 10.0. The SMILES string of the molecule is NCCc1ccc(C(=O)Nc2c(F)cc(Br)cc2F)cc1. The minimum absolute atomic E-state index is 0.265. The Labute approximate surface area is 129 Å². The molecule has 0 saturated heterocycles. The van der Waals surface area contributed by atoms with Crippen molar-refractivity contribution in [3.8, 4) is 0 Å². The summed E-state index contributed by atoms with van der Waals surface area (Å²) in [5.74, 6) is -2.25. The van der Waals surface area contributed by atoms with Crippen LogP contribution in [0.3, 0.4) is 0 Å². The number of nitrogens with two attached hydrogens (primary N) is 1. The number of carbonyl (C=O) groups is 1. The predicted molar refractivity (Wildman–Crippen MR) is 81.2 cm³/mol. The van der Waals surface area contributed by atoms with E-state index in [1.807, 2.05) is 0 Å². The molecule has 6 heteroatoms. The number of anilines is 1. The third kappa shape index (κ3) is 3.86. The first-order valence-electron chi connectivity index (χ1n) is 6.26. The molecule has 0 aliphatic rings. The fourth-order valence-corrected chi connectivity index (χ4v) is 2.24. The zero-order valence-corrected chi connectivity index (χ0v) is 12.6. The van der Waals surface area contributed by atoms with E-state index in [-0.39, 0.29) is 4.47 Å². The standard InChI is InChI=1S/C15H13BrF2N2O/c16-11-7-12(17)14(13(18)8-11)20-15(21)10-3-1-9(2-4-10)5-6-19/h1-4,7-8H,5-6,19H2,(H,20,21). The topological polar surface area (TPSA) is 55.1 Å². The quantitative estimate of drug-likeness (QED) is 0.882. The fourth-order valence-electron chi connectivity index (χ4n) is 1.84. The van der Waals surface area contributed by atoms with Gasteiger partial charge >= 0.3 is 0 Å². The summed E-state index contributed by atoms with van der Waals surface area (Å²) in [7, 11) is 0. The van der Waals surface area contributed by atoms with Gasteiger partial charge in [0.15, 0.2) is 11.6 Å². The zero-order chi connectivity index (χ0) is 15.4. The number of halogens is 3. The van der Waals surface area contributed by atoms with Crippen LogP contribution in [-0.4, -0.2) is 12.5 Å². The van der Waals surface area contributed by atoms with Crippen LogP contribution in [0.5, 0.6) is 0 Å². The molecule has 0 spiro atoms. The van der Waals surface area contributed by atoms with Gasteiger partial charge in [-0.25, -0.2) is 8.78 Å². The maximum atomic E-state index is 13.7. The van der Waals surface area contributed by atoms with E-state index in [9.17, 15) is 13.6 Å². The lowest BCUT2D eigenvalue weighted by atomic mass is 10.1. The number of nitrogens with one attached hydrogen (secondary N) is 1. The first-order valence-corrected chi connectivity index (χ1v) is 7.05.